The predicted molar refractivity (Wildman–Crippen MR) is 97.7 cm³/mol. The minimum Gasteiger partial charge on any atom is -0.301 e. The quantitative estimate of drug-likeness (QED) is 0.702. The summed E-state index contributed by atoms with van der Waals surface area (Å²) in [4.78, 5) is 30.6. The van der Waals surface area contributed by atoms with Gasteiger partial charge in [-0.1, -0.05) is 0 Å². The Bertz CT molecular complexity index is 1200. The van der Waals surface area contributed by atoms with Crippen molar-refractivity contribution >= 4 is 37.7 Å². The average molecular weight is 392 g/mol. The van der Waals surface area contributed by atoms with Crippen LogP contribution in [0, 0.1) is 13.8 Å². The van der Waals surface area contributed by atoms with Crippen LogP contribution in [0.15, 0.2) is 27.2 Å². The minimum absolute atomic E-state index is 0.0807. The molecule has 0 spiro atoms. The second kappa shape index (κ2) is 5.78. The average Bonchev–Trinajstić information content (AvgIpc) is 3.18. The highest BCUT2D eigenvalue weighted by Crippen LogP contribution is 2.36. The monoisotopic (exact) mass is 392 g/mol. The number of carbonyl (C=O) groups excluding carboxylic acids is 1. The molecular weight excluding hydrogens is 376 g/mol. The van der Waals surface area contributed by atoms with Crippen molar-refractivity contribution in [3.05, 3.63) is 44.8 Å². The lowest BCUT2D eigenvalue weighted by atomic mass is 10.1. The zero-order chi connectivity index (χ0) is 18.6. The highest BCUT2D eigenvalue weighted by atomic mass is 32.2. The largest absolute Gasteiger partial charge is 0.301 e. The molecule has 0 aromatic carbocycles. The summed E-state index contributed by atoms with van der Waals surface area (Å²) < 4.78 is 25.8. The van der Waals surface area contributed by atoms with Crippen molar-refractivity contribution in [1.82, 2.24) is 14.6 Å². The molecule has 0 radical (unpaired) electrons. The van der Waals surface area contributed by atoms with E-state index in [2.05, 4.69) is 10.1 Å². The molecule has 1 aliphatic heterocycles. The summed E-state index contributed by atoms with van der Waals surface area (Å²) in [6.45, 7) is 3.75. The number of carbonyl (C=O) groups is 1. The summed E-state index contributed by atoms with van der Waals surface area (Å²) in [5.41, 5.74) is 2.38. The van der Waals surface area contributed by atoms with E-state index in [9.17, 15) is 18.0 Å². The number of thiophene rings is 1. The Morgan fingerprint density at radius 1 is 1.38 bits per heavy atom. The number of fused-ring (bicyclic) bond motifs is 2. The van der Waals surface area contributed by atoms with Gasteiger partial charge in [0.15, 0.2) is 15.5 Å². The lowest BCUT2D eigenvalue weighted by molar-refractivity contribution is -0.118. The number of anilines is 1. The number of aromatic nitrogens is 3. The number of rotatable bonds is 2. The predicted octanol–water partition coefficient (Wildman–Crippen LogP) is 1.06. The van der Waals surface area contributed by atoms with Gasteiger partial charge in [-0.2, -0.15) is 0 Å². The number of nitrogens with one attached hydrogen (secondary N) is 1. The van der Waals surface area contributed by atoms with Crippen molar-refractivity contribution < 1.29 is 13.2 Å². The zero-order valence-corrected chi connectivity index (χ0v) is 15.8. The molecule has 136 valence electrons. The molecule has 0 bridgehead atoms. The Morgan fingerprint density at radius 3 is 2.92 bits per heavy atom. The molecule has 3 aromatic rings. The van der Waals surface area contributed by atoms with E-state index >= 15 is 0 Å². The van der Waals surface area contributed by atoms with E-state index in [0.717, 1.165) is 11.3 Å². The van der Waals surface area contributed by atoms with Gasteiger partial charge < -0.3 is 4.90 Å². The number of aromatic amines is 1. The lowest BCUT2D eigenvalue weighted by Crippen LogP contribution is -2.40. The van der Waals surface area contributed by atoms with Crippen LogP contribution in [-0.2, 0) is 21.1 Å². The molecule has 4 heterocycles. The maximum Gasteiger partial charge on any atom is 0.266 e. The molecule has 0 unspecified atom stereocenters. The first-order chi connectivity index (χ1) is 12.3. The zero-order valence-electron chi connectivity index (χ0n) is 14.1. The number of amides is 1. The lowest BCUT2D eigenvalue weighted by Gasteiger charge is -2.27. The van der Waals surface area contributed by atoms with Crippen LogP contribution in [-0.4, -0.2) is 41.2 Å². The van der Waals surface area contributed by atoms with Crippen molar-refractivity contribution in [3.63, 3.8) is 0 Å². The van der Waals surface area contributed by atoms with E-state index in [4.69, 9.17) is 0 Å². The molecule has 3 aromatic heterocycles. The fourth-order valence-corrected chi connectivity index (χ4v) is 5.99. The molecule has 0 saturated heterocycles. The van der Waals surface area contributed by atoms with Gasteiger partial charge in [-0.3, -0.25) is 14.7 Å². The molecular formula is C16H16N4O4S2. The van der Waals surface area contributed by atoms with E-state index in [-0.39, 0.29) is 35.1 Å². The molecule has 1 N–H and O–H groups in total. The van der Waals surface area contributed by atoms with Gasteiger partial charge in [-0.15, -0.1) is 11.3 Å². The Hall–Kier alpha value is -2.46. The standard InChI is InChI=1S/C16H16N4O4S2/c1-9-11(10(2)20-13(17-9)8-14(21)18-20)7-15(22)19-4-6-26(23,24)12-3-5-25-16(12)19/h3,5,8H,4,6-7H2,1-2H3,(H,18,21). The summed E-state index contributed by atoms with van der Waals surface area (Å²) in [6, 6.07) is 2.95. The molecule has 0 saturated carbocycles. The maximum atomic E-state index is 12.9. The summed E-state index contributed by atoms with van der Waals surface area (Å²) >= 11 is 1.25. The smallest absolute Gasteiger partial charge is 0.266 e. The first kappa shape index (κ1) is 17.0. The number of nitrogens with zero attached hydrogens (tertiary/aromatic N) is 3. The third-order valence-electron chi connectivity index (χ3n) is 4.61. The van der Waals surface area contributed by atoms with Crippen molar-refractivity contribution in [1.29, 1.82) is 0 Å². The highest BCUT2D eigenvalue weighted by molar-refractivity contribution is 7.91. The van der Waals surface area contributed by atoms with E-state index in [1.165, 1.54) is 22.3 Å². The van der Waals surface area contributed by atoms with Crippen molar-refractivity contribution in [2.75, 3.05) is 17.2 Å². The molecule has 0 atom stereocenters. The molecule has 4 rings (SSSR count). The van der Waals surface area contributed by atoms with Gasteiger partial charge >= 0.3 is 0 Å². The van der Waals surface area contributed by atoms with Crippen LogP contribution in [0.1, 0.15) is 17.0 Å². The van der Waals surface area contributed by atoms with Crippen LogP contribution in [0.3, 0.4) is 0 Å². The Kier molecular flexibility index (Phi) is 3.77. The van der Waals surface area contributed by atoms with Crippen LogP contribution in [0.2, 0.25) is 0 Å². The highest BCUT2D eigenvalue weighted by Gasteiger charge is 2.33. The van der Waals surface area contributed by atoms with Crippen LogP contribution in [0.4, 0.5) is 5.00 Å². The molecule has 1 aliphatic rings. The molecule has 1 amide bonds. The van der Waals surface area contributed by atoms with E-state index in [0.29, 0.717) is 16.3 Å². The molecule has 0 fully saturated rings. The molecule has 8 nitrogen and oxygen atoms in total. The normalized spacial score (nSPS) is 16.0. The molecule has 10 heteroatoms. The van der Waals surface area contributed by atoms with Gasteiger partial charge in [0.25, 0.3) is 5.56 Å². The third kappa shape index (κ3) is 2.56. The third-order valence-corrected chi connectivity index (χ3v) is 7.39. The topological polar surface area (TPSA) is 105 Å². The second-order valence-corrected chi connectivity index (χ2v) is 9.18. The summed E-state index contributed by atoms with van der Waals surface area (Å²) in [5, 5.41) is 4.82. The van der Waals surface area contributed by atoms with Gasteiger partial charge in [-0.25, -0.2) is 17.9 Å². The van der Waals surface area contributed by atoms with E-state index in [1.807, 2.05) is 6.92 Å². The van der Waals surface area contributed by atoms with E-state index in [1.54, 1.807) is 22.9 Å². The molecule has 0 aliphatic carbocycles. The fraction of sp³-hybridized carbons (Fsp3) is 0.312. The number of hydrogen-bond acceptors (Lipinski definition) is 6. The minimum atomic E-state index is -3.32. The van der Waals surface area contributed by atoms with Crippen molar-refractivity contribution in [2.24, 2.45) is 0 Å². The number of sulfone groups is 1. The SMILES string of the molecule is Cc1nc2cc(=O)[nH]n2c(C)c1CC(=O)N1CCS(=O)(=O)c2ccsc21. The van der Waals surface area contributed by atoms with Gasteiger partial charge in [0, 0.05) is 29.6 Å². The van der Waals surface area contributed by atoms with Crippen LogP contribution < -0.4 is 10.5 Å². The van der Waals surface area contributed by atoms with Crippen LogP contribution in [0.5, 0.6) is 0 Å². The maximum absolute atomic E-state index is 12.9. The van der Waals surface area contributed by atoms with Gasteiger partial charge in [0.05, 0.1) is 12.2 Å². The first-order valence-corrected chi connectivity index (χ1v) is 10.5. The fourth-order valence-electron chi connectivity index (χ4n) is 3.24. The summed E-state index contributed by atoms with van der Waals surface area (Å²) in [6.07, 6.45) is 0.0816. The van der Waals surface area contributed by atoms with Gasteiger partial charge in [-0.05, 0) is 25.3 Å². The summed E-state index contributed by atoms with van der Waals surface area (Å²) in [5.74, 6) is -0.270. The number of aryl methyl sites for hydroxylation is 2. The number of H-pyrrole nitrogens is 1. The van der Waals surface area contributed by atoms with Gasteiger partial charge in [0.2, 0.25) is 5.91 Å². The molecule has 26 heavy (non-hydrogen) atoms. The van der Waals surface area contributed by atoms with Gasteiger partial charge in [0.1, 0.15) is 9.90 Å². The Labute approximate surface area is 153 Å². The number of hydrogen-bond donors (Lipinski definition) is 1. The van der Waals surface area contributed by atoms with Crippen LogP contribution >= 0.6 is 11.3 Å². The second-order valence-electron chi connectivity index (χ2n) is 6.21. The van der Waals surface area contributed by atoms with E-state index < -0.39 is 9.84 Å². The first-order valence-electron chi connectivity index (χ1n) is 7.96. The Morgan fingerprint density at radius 2 is 2.15 bits per heavy atom. The van der Waals surface area contributed by atoms with Crippen molar-refractivity contribution in [2.45, 2.75) is 25.2 Å². The Balaban J connectivity index is 1.72. The summed E-state index contributed by atoms with van der Waals surface area (Å²) in [7, 11) is -3.32. The van der Waals surface area contributed by atoms with Crippen molar-refractivity contribution in [3.8, 4) is 0 Å². The van der Waals surface area contributed by atoms with Crippen LogP contribution in [0.25, 0.3) is 5.65 Å².